The predicted molar refractivity (Wildman–Crippen MR) is 79.2 cm³/mol. The molecule has 5 unspecified atom stereocenters. The Labute approximate surface area is 122 Å². The Balaban J connectivity index is 2.31. The average Bonchev–Trinajstić information content (AvgIpc) is 2.35. The molecule has 1 N–H and O–H groups in total. The van der Waals surface area contributed by atoms with Crippen molar-refractivity contribution in [1.29, 1.82) is 0 Å². The van der Waals surface area contributed by atoms with E-state index >= 15 is 0 Å². The first-order valence-electron chi connectivity index (χ1n) is 7.75. The van der Waals surface area contributed by atoms with Gasteiger partial charge < -0.3 is 9.84 Å². The van der Waals surface area contributed by atoms with E-state index in [1.807, 2.05) is 6.92 Å². The largest absolute Gasteiger partial charge is 0.462 e. The van der Waals surface area contributed by atoms with Gasteiger partial charge in [0.2, 0.25) is 0 Å². The molecule has 2 aliphatic carbocycles. The molecular weight excluding hydrogens is 252 g/mol. The Morgan fingerprint density at radius 2 is 1.95 bits per heavy atom. The summed E-state index contributed by atoms with van der Waals surface area (Å²) in [5.41, 5.74) is 0.0671. The van der Waals surface area contributed by atoms with Gasteiger partial charge in [0.1, 0.15) is 6.10 Å². The molecule has 0 aromatic carbocycles. The Morgan fingerprint density at radius 1 is 1.30 bits per heavy atom. The van der Waals surface area contributed by atoms with Crippen LogP contribution >= 0.6 is 0 Å². The summed E-state index contributed by atoms with van der Waals surface area (Å²) in [5, 5.41) is 11.4. The fourth-order valence-corrected chi connectivity index (χ4v) is 4.37. The highest BCUT2D eigenvalue weighted by Gasteiger charge is 2.60. The average molecular weight is 280 g/mol. The Hall–Kier alpha value is -0.830. The minimum atomic E-state index is -0.757. The van der Waals surface area contributed by atoms with Gasteiger partial charge in [0.05, 0.1) is 5.60 Å². The van der Waals surface area contributed by atoms with Crippen LogP contribution in [0.3, 0.4) is 0 Å². The lowest BCUT2D eigenvalue weighted by Gasteiger charge is -2.59. The molecule has 2 saturated carbocycles. The van der Waals surface area contributed by atoms with Gasteiger partial charge in [-0.1, -0.05) is 26.0 Å². The lowest BCUT2D eigenvalue weighted by molar-refractivity contribution is -0.227. The molecule has 0 spiro atoms. The van der Waals surface area contributed by atoms with Gasteiger partial charge in [-0.05, 0) is 50.9 Å². The second kappa shape index (κ2) is 5.18. The highest BCUT2D eigenvalue weighted by atomic mass is 16.5. The van der Waals surface area contributed by atoms with Gasteiger partial charge >= 0.3 is 5.97 Å². The second-order valence-electron chi connectivity index (χ2n) is 7.20. The van der Waals surface area contributed by atoms with Gasteiger partial charge in [-0.25, -0.2) is 0 Å². The van der Waals surface area contributed by atoms with Gasteiger partial charge in [-0.3, -0.25) is 4.79 Å². The fourth-order valence-electron chi connectivity index (χ4n) is 4.37. The maximum Gasteiger partial charge on any atom is 0.302 e. The molecule has 2 rings (SSSR count). The standard InChI is InChI=1S/C17H28O3/c1-11(2)14-8-9-16(5)15(20-13(4)18)7-6-12(3)17(16,19)10-14/h12,14-15,19H,1,6-10H2,2-5H3. The van der Waals surface area contributed by atoms with Gasteiger partial charge in [-0.15, -0.1) is 0 Å². The molecule has 0 aromatic heterocycles. The minimum absolute atomic E-state index is 0.160. The molecule has 0 aromatic rings. The molecule has 0 bridgehead atoms. The number of allylic oxidation sites excluding steroid dienone is 1. The van der Waals surface area contributed by atoms with Crippen LogP contribution in [0.4, 0.5) is 0 Å². The molecule has 5 atom stereocenters. The molecule has 20 heavy (non-hydrogen) atoms. The third kappa shape index (κ3) is 2.30. The number of hydrogen-bond donors (Lipinski definition) is 1. The normalized spacial score (nSPS) is 44.5. The second-order valence-corrected chi connectivity index (χ2v) is 7.20. The topological polar surface area (TPSA) is 46.5 Å². The zero-order chi connectivity index (χ0) is 15.1. The van der Waals surface area contributed by atoms with Crippen molar-refractivity contribution in [2.24, 2.45) is 17.3 Å². The van der Waals surface area contributed by atoms with E-state index in [0.717, 1.165) is 37.7 Å². The van der Waals surface area contributed by atoms with E-state index in [0.29, 0.717) is 5.92 Å². The van der Waals surface area contributed by atoms with Crippen LogP contribution in [0.2, 0.25) is 0 Å². The first kappa shape index (κ1) is 15.6. The molecule has 0 aliphatic heterocycles. The summed E-state index contributed by atoms with van der Waals surface area (Å²) < 4.78 is 5.55. The highest BCUT2D eigenvalue weighted by molar-refractivity contribution is 5.66. The molecule has 0 saturated heterocycles. The quantitative estimate of drug-likeness (QED) is 0.622. The zero-order valence-corrected chi connectivity index (χ0v) is 13.2. The van der Waals surface area contributed by atoms with E-state index in [-0.39, 0.29) is 23.4 Å². The summed E-state index contributed by atoms with van der Waals surface area (Å²) in [6.45, 7) is 11.8. The highest BCUT2D eigenvalue weighted by Crippen LogP contribution is 2.58. The third-order valence-corrected chi connectivity index (χ3v) is 5.95. The minimum Gasteiger partial charge on any atom is -0.462 e. The Morgan fingerprint density at radius 3 is 2.50 bits per heavy atom. The van der Waals surface area contributed by atoms with Crippen LogP contribution in [0.1, 0.15) is 59.8 Å². The molecule has 0 radical (unpaired) electrons. The Kier molecular flexibility index (Phi) is 4.03. The van der Waals surface area contributed by atoms with Crippen molar-refractivity contribution < 1.29 is 14.6 Å². The maximum absolute atomic E-state index is 11.4. The van der Waals surface area contributed by atoms with Crippen molar-refractivity contribution in [2.75, 3.05) is 0 Å². The van der Waals surface area contributed by atoms with Crippen molar-refractivity contribution in [3.63, 3.8) is 0 Å². The van der Waals surface area contributed by atoms with Gasteiger partial charge in [0.15, 0.2) is 0 Å². The van der Waals surface area contributed by atoms with Crippen molar-refractivity contribution in [3.8, 4) is 0 Å². The molecule has 114 valence electrons. The molecule has 2 aliphatic rings. The maximum atomic E-state index is 11.4. The monoisotopic (exact) mass is 280 g/mol. The number of hydrogen-bond acceptors (Lipinski definition) is 3. The number of carbonyl (C=O) groups excluding carboxylic acids is 1. The number of fused-ring (bicyclic) bond motifs is 1. The van der Waals surface area contributed by atoms with Crippen LogP contribution < -0.4 is 0 Å². The fraction of sp³-hybridized carbons (Fsp3) is 0.824. The summed E-state index contributed by atoms with van der Waals surface area (Å²) in [6.07, 6.45) is 4.27. The molecule has 3 nitrogen and oxygen atoms in total. The van der Waals surface area contributed by atoms with E-state index in [1.165, 1.54) is 6.92 Å². The lowest BCUT2D eigenvalue weighted by Crippen LogP contribution is -2.63. The van der Waals surface area contributed by atoms with Crippen molar-refractivity contribution >= 4 is 5.97 Å². The summed E-state index contributed by atoms with van der Waals surface area (Å²) in [6, 6.07) is 0. The predicted octanol–water partition coefficient (Wildman–Crippen LogP) is 3.46. The SMILES string of the molecule is C=C(C)C1CCC2(C)C(OC(C)=O)CCC(C)C2(O)C1. The number of ether oxygens (including phenoxy) is 1. The summed E-state index contributed by atoms with van der Waals surface area (Å²) in [5.74, 6) is 0.378. The molecule has 2 fully saturated rings. The number of carbonyl (C=O) groups is 1. The Bertz CT molecular complexity index is 414. The van der Waals surface area contributed by atoms with Crippen LogP contribution in [0.25, 0.3) is 0 Å². The van der Waals surface area contributed by atoms with Crippen LogP contribution in [0.15, 0.2) is 12.2 Å². The van der Waals surface area contributed by atoms with Crippen molar-refractivity contribution in [1.82, 2.24) is 0 Å². The summed E-state index contributed by atoms with van der Waals surface area (Å²) >= 11 is 0. The molecule has 0 amide bonds. The van der Waals surface area contributed by atoms with Gasteiger partial charge in [0.25, 0.3) is 0 Å². The van der Waals surface area contributed by atoms with E-state index in [4.69, 9.17) is 4.74 Å². The van der Waals surface area contributed by atoms with Crippen LogP contribution in [0.5, 0.6) is 0 Å². The first-order valence-corrected chi connectivity index (χ1v) is 7.75. The summed E-state index contributed by atoms with van der Waals surface area (Å²) in [7, 11) is 0. The van der Waals surface area contributed by atoms with Crippen molar-refractivity contribution in [3.05, 3.63) is 12.2 Å². The van der Waals surface area contributed by atoms with Crippen LogP contribution in [-0.2, 0) is 9.53 Å². The number of aliphatic hydroxyl groups is 1. The lowest BCUT2D eigenvalue weighted by atomic mass is 9.50. The van der Waals surface area contributed by atoms with Gasteiger partial charge in [0, 0.05) is 12.3 Å². The van der Waals surface area contributed by atoms with Crippen LogP contribution in [-0.4, -0.2) is 22.8 Å². The first-order chi connectivity index (χ1) is 9.20. The molecular formula is C17H28O3. The zero-order valence-electron chi connectivity index (χ0n) is 13.2. The molecule has 3 heteroatoms. The number of rotatable bonds is 2. The van der Waals surface area contributed by atoms with E-state index in [1.54, 1.807) is 0 Å². The van der Waals surface area contributed by atoms with E-state index in [2.05, 4.69) is 20.4 Å². The summed E-state index contributed by atoms with van der Waals surface area (Å²) in [4.78, 5) is 11.4. The number of esters is 1. The van der Waals surface area contributed by atoms with E-state index < -0.39 is 5.60 Å². The molecule has 0 heterocycles. The van der Waals surface area contributed by atoms with Gasteiger partial charge in [-0.2, -0.15) is 0 Å². The van der Waals surface area contributed by atoms with Crippen molar-refractivity contribution in [2.45, 2.75) is 71.5 Å². The van der Waals surface area contributed by atoms with E-state index in [9.17, 15) is 9.90 Å². The van der Waals surface area contributed by atoms with Crippen LogP contribution in [0, 0.1) is 17.3 Å². The smallest absolute Gasteiger partial charge is 0.302 e. The third-order valence-electron chi connectivity index (χ3n) is 5.95.